The van der Waals surface area contributed by atoms with Gasteiger partial charge in [-0.3, -0.25) is 0 Å². The number of methoxy groups -OCH3 is 1. The smallest absolute Gasteiger partial charge is 0.348 e. The SMILES string of the molecule is CCCC(CC)OC1C(=O)Oc2cc(=C=O)c(OC)c(O)c2=C1O. The van der Waals surface area contributed by atoms with Crippen molar-refractivity contribution in [2.75, 3.05) is 7.11 Å². The highest BCUT2D eigenvalue weighted by Crippen LogP contribution is 2.26. The highest BCUT2D eigenvalue weighted by molar-refractivity contribution is 5.89. The van der Waals surface area contributed by atoms with Crippen LogP contribution in [-0.2, 0) is 14.3 Å². The molecule has 130 valence electrons. The van der Waals surface area contributed by atoms with Crippen molar-refractivity contribution in [1.82, 2.24) is 0 Å². The first kappa shape index (κ1) is 17.8. The number of ether oxygens (including phenoxy) is 3. The zero-order chi connectivity index (χ0) is 17.9. The molecule has 0 amide bonds. The molecule has 0 aromatic heterocycles. The van der Waals surface area contributed by atoms with Crippen molar-refractivity contribution < 1.29 is 34.0 Å². The van der Waals surface area contributed by atoms with Crippen LogP contribution >= 0.6 is 0 Å². The number of esters is 1. The number of phenolic OH excluding ortho intramolecular Hbond substituents is 1. The molecule has 1 aromatic carbocycles. The van der Waals surface area contributed by atoms with E-state index < -0.39 is 23.6 Å². The third-order valence-electron chi connectivity index (χ3n) is 3.86. The molecule has 0 saturated carbocycles. The molecule has 2 rings (SSSR count). The van der Waals surface area contributed by atoms with E-state index in [4.69, 9.17) is 14.2 Å². The highest BCUT2D eigenvalue weighted by Gasteiger charge is 2.35. The lowest BCUT2D eigenvalue weighted by Gasteiger charge is -2.25. The van der Waals surface area contributed by atoms with Gasteiger partial charge in [0.2, 0.25) is 6.10 Å². The number of hydrogen-bond donors (Lipinski definition) is 2. The Labute approximate surface area is 138 Å². The van der Waals surface area contributed by atoms with Gasteiger partial charge in [-0.2, -0.15) is 0 Å². The molecule has 1 aromatic rings. The average molecular weight is 336 g/mol. The van der Waals surface area contributed by atoms with E-state index >= 15 is 0 Å². The summed E-state index contributed by atoms with van der Waals surface area (Å²) in [4.78, 5) is 23.1. The quantitative estimate of drug-likeness (QED) is 0.574. The van der Waals surface area contributed by atoms with Crippen LogP contribution < -0.4 is 19.9 Å². The third kappa shape index (κ3) is 3.09. The van der Waals surface area contributed by atoms with Gasteiger partial charge < -0.3 is 24.4 Å². The van der Waals surface area contributed by atoms with Crippen LogP contribution in [-0.4, -0.2) is 41.4 Å². The molecule has 24 heavy (non-hydrogen) atoms. The highest BCUT2D eigenvalue weighted by atomic mass is 16.6. The molecule has 2 unspecified atom stereocenters. The summed E-state index contributed by atoms with van der Waals surface area (Å²) < 4.78 is 15.7. The maximum Gasteiger partial charge on any atom is 0.348 e. The number of carbonyl (C=O) groups is 1. The minimum atomic E-state index is -1.34. The lowest BCUT2D eigenvalue weighted by molar-refractivity contribution is -0.149. The van der Waals surface area contributed by atoms with E-state index in [1.54, 1.807) is 5.94 Å². The minimum Gasteiger partial charge on any atom is -0.508 e. The number of benzene rings is 1. The van der Waals surface area contributed by atoms with E-state index in [1.807, 2.05) is 13.8 Å². The van der Waals surface area contributed by atoms with Gasteiger partial charge in [-0.15, -0.1) is 0 Å². The maximum absolute atomic E-state index is 12.1. The van der Waals surface area contributed by atoms with Crippen LogP contribution in [0, 0.1) is 0 Å². The predicted molar refractivity (Wildman–Crippen MR) is 84.2 cm³/mol. The van der Waals surface area contributed by atoms with Crippen molar-refractivity contribution in [2.45, 2.75) is 45.3 Å². The molecule has 1 aliphatic heterocycles. The first-order chi connectivity index (χ1) is 11.5. The number of fused-ring (bicyclic) bond motifs is 1. The monoisotopic (exact) mass is 336 g/mol. The second-order valence-corrected chi connectivity index (χ2v) is 5.42. The first-order valence-corrected chi connectivity index (χ1v) is 7.73. The Bertz CT molecular complexity index is 777. The van der Waals surface area contributed by atoms with Crippen molar-refractivity contribution >= 4 is 17.7 Å². The summed E-state index contributed by atoms with van der Waals surface area (Å²) in [5.41, 5.74) is 0. The molecule has 0 spiro atoms. The topological polar surface area (TPSA) is 102 Å². The average Bonchev–Trinajstić information content (AvgIpc) is 2.56. The summed E-state index contributed by atoms with van der Waals surface area (Å²) in [7, 11) is 1.26. The van der Waals surface area contributed by atoms with Crippen LogP contribution in [0.15, 0.2) is 6.07 Å². The Hall–Kier alpha value is -2.50. The molecule has 0 saturated heterocycles. The molecule has 2 atom stereocenters. The summed E-state index contributed by atoms with van der Waals surface area (Å²) >= 11 is 0. The molecule has 7 heteroatoms. The Morgan fingerprint density at radius 2 is 2.08 bits per heavy atom. The van der Waals surface area contributed by atoms with Crippen molar-refractivity contribution in [1.29, 1.82) is 0 Å². The van der Waals surface area contributed by atoms with Crippen molar-refractivity contribution in [3.05, 3.63) is 16.5 Å². The van der Waals surface area contributed by atoms with Crippen LogP contribution in [0.5, 0.6) is 17.2 Å². The van der Waals surface area contributed by atoms with E-state index in [9.17, 15) is 19.8 Å². The maximum atomic E-state index is 12.1. The third-order valence-corrected chi connectivity index (χ3v) is 3.86. The fourth-order valence-electron chi connectivity index (χ4n) is 2.64. The number of hydrogen-bond acceptors (Lipinski definition) is 7. The zero-order valence-corrected chi connectivity index (χ0v) is 13.8. The molecule has 0 bridgehead atoms. The Balaban J connectivity index is 2.61. The van der Waals surface area contributed by atoms with E-state index in [0.29, 0.717) is 6.42 Å². The summed E-state index contributed by atoms with van der Waals surface area (Å²) in [6.45, 7) is 3.89. The Morgan fingerprint density at radius 3 is 2.62 bits per heavy atom. The zero-order valence-electron chi connectivity index (χ0n) is 13.8. The van der Waals surface area contributed by atoms with Gasteiger partial charge in [0.15, 0.2) is 11.5 Å². The summed E-state index contributed by atoms with van der Waals surface area (Å²) in [6.07, 6.45) is 0.661. The van der Waals surface area contributed by atoms with E-state index in [2.05, 4.69) is 0 Å². The van der Waals surface area contributed by atoms with Crippen molar-refractivity contribution in [3.8, 4) is 17.2 Å². The second-order valence-electron chi connectivity index (χ2n) is 5.42. The summed E-state index contributed by atoms with van der Waals surface area (Å²) in [5, 5.41) is 20.5. The molecular weight excluding hydrogens is 316 g/mol. The Morgan fingerprint density at radius 1 is 1.38 bits per heavy atom. The van der Waals surface area contributed by atoms with Gasteiger partial charge >= 0.3 is 5.97 Å². The normalized spacial score (nSPS) is 17.7. The minimum absolute atomic E-state index is 0.119. The Kier molecular flexibility index (Phi) is 5.49. The van der Waals surface area contributed by atoms with Gasteiger partial charge in [-0.25, -0.2) is 9.59 Å². The van der Waals surface area contributed by atoms with Gasteiger partial charge in [-0.05, 0) is 12.8 Å². The molecular formula is C17H20O7. The molecule has 0 fully saturated rings. The number of phenols is 1. The van der Waals surface area contributed by atoms with Crippen LogP contribution in [0.3, 0.4) is 0 Å². The number of aromatic hydroxyl groups is 1. The van der Waals surface area contributed by atoms with Crippen LogP contribution in [0.1, 0.15) is 33.1 Å². The number of rotatable bonds is 6. The van der Waals surface area contributed by atoms with Crippen molar-refractivity contribution in [2.24, 2.45) is 0 Å². The standard InChI is InChI=1S/C17H20O7/c1-4-6-10(5-2)23-16-14(20)12-11(24-17(16)21)7-9(8-18)15(22-3)13(12)19/h7,10,16,19-20H,4-6H2,1-3H3. The van der Waals surface area contributed by atoms with Crippen molar-refractivity contribution in [3.63, 3.8) is 0 Å². The summed E-state index contributed by atoms with van der Waals surface area (Å²) in [6, 6.07) is 1.18. The lowest BCUT2D eigenvalue weighted by atomic mass is 10.1. The van der Waals surface area contributed by atoms with E-state index in [0.717, 1.165) is 12.8 Å². The van der Waals surface area contributed by atoms with E-state index in [1.165, 1.54) is 13.2 Å². The predicted octanol–water partition coefficient (Wildman–Crippen LogP) is 0.453. The number of aliphatic hydroxyl groups excluding tert-OH is 1. The molecule has 0 aliphatic carbocycles. The second kappa shape index (κ2) is 7.38. The van der Waals surface area contributed by atoms with Gasteiger partial charge in [0.25, 0.3) is 0 Å². The fourth-order valence-corrected chi connectivity index (χ4v) is 2.64. The van der Waals surface area contributed by atoms with Crippen LogP contribution in [0.2, 0.25) is 0 Å². The van der Waals surface area contributed by atoms with Crippen LogP contribution in [0.4, 0.5) is 0 Å². The van der Waals surface area contributed by atoms with Gasteiger partial charge in [0, 0.05) is 6.07 Å². The molecule has 7 nitrogen and oxygen atoms in total. The number of carbonyl (C=O) groups excluding carboxylic acids is 2. The van der Waals surface area contributed by atoms with Gasteiger partial charge in [0.1, 0.15) is 27.9 Å². The molecule has 1 aliphatic rings. The molecule has 0 radical (unpaired) electrons. The number of aliphatic hydroxyl groups is 1. The lowest BCUT2D eigenvalue weighted by Crippen LogP contribution is -2.41. The van der Waals surface area contributed by atoms with E-state index in [-0.39, 0.29) is 28.0 Å². The largest absolute Gasteiger partial charge is 0.508 e. The van der Waals surface area contributed by atoms with Gasteiger partial charge in [-0.1, -0.05) is 20.3 Å². The summed E-state index contributed by atoms with van der Waals surface area (Å²) in [5.74, 6) is -0.495. The van der Waals surface area contributed by atoms with Crippen LogP contribution in [0.25, 0.3) is 5.76 Å². The first-order valence-electron chi connectivity index (χ1n) is 7.73. The molecule has 2 N–H and O–H groups in total. The van der Waals surface area contributed by atoms with Gasteiger partial charge in [0.05, 0.1) is 13.2 Å². The fraction of sp³-hybridized carbons (Fsp3) is 0.471. The molecule has 1 heterocycles.